The fraction of sp³-hybridized carbons (Fsp3) is 0.350. The number of carbonyl (C=O) groups excluding carboxylic acids is 1. The molecular formula is C20H21F4N3O2S. The van der Waals surface area contributed by atoms with E-state index in [4.69, 9.17) is 10.5 Å². The van der Waals surface area contributed by atoms with Crippen molar-refractivity contribution in [3.8, 4) is 0 Å². The Bertz CT molecular complexity index is 974. The molecular weight excluding hydrogens is 422 g/mol. The summed E-state index contributed by atoms with van der Waals surface area (Å²) in [4.78, 5) is 13.6. The quantitative estimate of drug-likeness (QED) is 0.255. The van der Waals surface area contributed by atoms with Crippen molar-refractivity contribution in [1.82, 2.24) is 0 Å². The molecule has 30 heavy (non-hydrogen) atoms. The molecule has 1 amide bonds. The molecule has 0 saturated carbocycles. The summed E-state index contributed by atoms with van der Waals surface area (Å²) in [5.74, 6) is -6.01. The van der Waals surface area contributed by atoms with Crippen LogP contribution in [0.5, 0.6) is 0 Å². The Morgan fingerprint density at radius 3 is 2.40 bits per heavy atom. The first-order chi connectivity index (χ1) is 14.2. The predicted octanol–water partition coefficient (Wildman–Crippen LogP) is 5.82. The van der Waals surface area contributed by atoms with E-state index >= 15 is 0 Å². The molecule has 0 saturated heterocycles. The molecule has 0 radical (unpaired) electrons. The van der Waals surface area contributed by atoms with Crippen molar-refractivity contribution < 1.29 is 27.1 Å². The van der Waals surface area contributed by atoms with E-state index in [-0.39, 0.29) is 5.75 Å². The van der Waals surface area contributed by atoms with E-state index in [9.17, 15) is 22.4 Å². The molecule has 0 spiro atoms. The number of ether oxygens (including phenoxy) is 1. The van der Waals surface area contributed by atoms with Crippen LogP contribution in [0.4, 0.5) is 39.4 Å². The maximum absolute atomic E-state index is 14.0. The zero-order valence-electron chi connectivity index (χ0n) is 16.6. The lowest BCUT2D eigenvalue weighted by molar-refractivity contribution is 0.108. The average molecular weight is 443 g/mol. The number of hydrogen-bond donors (Lipinski definition) is 2. The number of carbonyl (C=O) groups is 1. The summed E-state index contributed by atoms with van der Waals surface area (Å²) >= 11 is 0.843. The first-order valence-corrected chi connectivity index (χ1v) is 10.3. The standard InChI is InChI=1S/C20H21F4N3O2S/c1-4-5-27-19-12(10(3)29-20(27)28)6-11(7-14(19)25)26-30-8-13-17(23)15(21)9(2)16(22)18(13)24/h6-7,10,26H,4-5,8,25H2,1-3H3. The average Bonchev–Trinajstić information content (AvgIpc) is 2.70. The maximum atomic E-state index is 14.0. The van der Waals surface area contributed by atoms with Gasteiger partial charge in [-0.1, -0.05) is 6.92 Å². The second-order valence-corrected chi connectivity index (χ2v) is 7.71. The number of anilines is 3. The third-order valence-corrected chi connectivity index (χ3v) is 5.62. The predicted molar refractivity (Wildman–Crippen MR) is 109 cm³/mol. The molecule has 3 rings (SSSR count). The summed E-state index contributed by atoms with van der Waals surface area (Å²) in [5.41, 5.74) is 6.82. The van der Waals surface area contributed by atoms with Crippen LogP contribution in [0.15, 0.2) is 12.1 Å². The van der Waals surface area contributed by atoms with Crippen molar-refractivity contribution in [3.05, 3.63) is 52.1 Å². The highest BCUT2D eigenvalue weighted by Gasteiger charge is 2.32. The summed E-state index contributed by atoms with van der Waals surface area (Å²) in [5, 5.41) is 0. The first-order valence-electron chi connectivity index (χ1n) is 9.28. The number of amides is 1. The van der Waals surface area contributed by atoms with E-state index in [0.29, 0.717) is 35.6 Å². The van der Waals surface area contributed by atoms with Crippen LogP contribution in [0.2, 0.25) is 0 Å². The molecule has 1 aliphatic heterocycles. The van der Waals surface area contributed by atoms with Crippen molar-refractivity contribution in [2.75, 3.05) is 21.9 Å². The van der Waals surface area contributed by atoms with Crippen LogP contribution in [0, 0.1) is 30.2 Å². The Morgan fingerprint density at radius 2 is 1.80 bits per heavy atom. The van der Waals surface area contributed by atoms with Crippen molar-refractivity contribution in [1.29, 1.82) is 0 Å². The molecule has 2 aromatic rings. The van der Waals surface area contributed by atoms with E-state index in [0.717, 1.165) is 18.9 Å². The van der Waals surface area contributed by atoms with Gasteiger partial charge < -0.3 is 15.2 Å². The van der Waals surface area contributed by atoms with Gasteiger partial charge in [-0.25, -0.2) is 22.4 Å². The number of halogens is 4. The van der Waals surface area contributed by atoms with Gasteiger partial charge in [0.25, 0.3) is 0 Å². The van der Waals surface area contributed by atoms with E-state index in [2.05, 4.69) is 4.72 Å². The number of hydrogen-bond acceptors (Lipinski definition) is 5. The van der Waals surface area contributed by atoms with Gasteiger partial charge in [0.1, 0.15) is 6.10 Å². The topological polar surface area (TPSA) is 67.6 Å². The highest BCUT2D eigenvalue weighted by atomic mass is 32.2. The number of cyclic esters (lactones) is 1. The summed E-state index contributed by atoms with van der Waals surface area (Å²) in [7, 11) is 0. The normalized spacial score (nSPS) is 15.8. The Kier molecular flexibility index (Phi) is 6.35. The lowest BCUT2D eigenvalue weighted by atomic mass is 10.0. The van der Waals surface area contributed by atoms with Crippen LogP contribution in [0.1, 0.15) is 43.1 Å². The van der Waals surface area contributed by atoms with Crippen LogP contribution < -0.4 is 15.4 Å². The maximum Gasteiger partial charge on any atom is 0.414 e. The number of rotatable bonds is 6. The summed E-state index contributed by atoms with van der Waals surface area (Å²) in [6.07, 6.45) is -0.309. The van der Waals surface area contributed by atoms with Gasteiger partial charge in [0.05, 0.1) is 11.4 Å². The second-order valence-electron chi connectivity index (χ2n) is 6.93. The number of nitrogens with two attached hydrogens (primary N) is 1. The highest BCUT2D eigenvalue weighted by molar-refractivity contribution is 7.99. The molecule has 0 bridgehead atoms. The lowest BCUT2D eigenvalue weighted by Crippen LogP contribution is -2.38. The first kappa shape index (κ1) is 22.1. The van der Waals surface area contributed by atoms with E-state index in [1.165, 1.54) is 4.90 Å². The van der Waals surface area contributed by atoms with Gasteiger partial charge in [0.15, 0.2) is 23.3 Å². The minimum absolute atomic E-state index is 0.331. The van der Waals surface area contributed by atoms with Crippen molar-refractivity contribution in [3.63, 3.8) is 0 Å². The molecule has 1 heterocycles. The smallest absolute Gasteiger partial charge is 0.414 e. The Labute approximate surface area is 175 Å². The lowest BCUT2D eigenvalue weighted by Gasteiger charge is -2.33. The van der Waals surface area contributed by atoms with Crippen molar-refractivity contribution >= 4 is 35.1 Å². The molecule has 0 aliphatic carbocycles. The SMILES string of the molecule is CCCN1C(=O)OC(C)c2cc(NSCc3c(F)c(F)c(C)c(F)c3F)cc(N)c21. The van der Waals surface area contributed by atoms with Crippen molar-refractivity contribution in [2.45, 2.75) is 39.0 Å². The summed E-state index contributed by atoms with van der Waals surface area (Å²) in [6, 6.07) is 3.28. The number of nitrogens with one attached hydrogen (secondary N) is 1. The molecule has 3 N–H and O–H groups in total. The minimum Gasteiger partial charge on any atom is -0.441 e. The minimum atomic E-state index is -1.42. The van der Waals surface area contributed by atoms with Gasteiger partial charge in [-0.2, -0.15) is 0 Å². The van der Waals surface area contributed by atoms with Crippen LogP contribution in [-0.2, 0) is 10.5 Å². The number of nitrogens with zero attached hydrogens (tertiary/aromatic N) is 1. The third kappa shape index (κ3) is 3.88. The van der Waals surface area contributed by atoms with E-state index < -0.39 is 46.6 Å². The van der Waals surface area contributed by atoms with Crippen LogP contribution in [0.25, 0.3) is 0 Å². The zero-order chi connectivity index (χ0) is 22.2. The largest absolute Gasteiger partial charge is 0.441 e. The van der Waals surface area contributed by atoms with E-state index in [1.54, 1.807) is 19.1 Å². The van der Waals surface area contributed by atoms with Crippen molar-refractivity contribution in [2.24, 2.45) is 0 Å². The fourth-order valence-corrected chi connectivity index (χ4v) is 4.02. The third-order valence-electron chi connectivity index (χ3n) is 4.80. The second kappa shape index (κ2) is 8.63. The Hall–Kier alpha value is -2.62. The fourth-order valence-electron chi connectivity index (χ4n) is 3.26. The van der Waals surface area contributed by atoms with Gasteiger partial charge in [0, 0.05) is 34.7 Å². The van der Waals surface area contributed by atoms with Crippen LogP contribution in [0.3, 0.4) is 0 Å². The van der Waals surface area contributed by atoms with Crippen LogP contribution >= 0.6 is 11.9 Å². The summed E-state index contributed by atoms with van der Waals surface area (Å²) in [6.45, 7) is 5.03. The summed E-state index contributed by atoms with van der Waals surface area (Å²) < 4.78 is 63.7. The molecule has 0 aromatic heterocycles. The number of benzene rings is 2. The molecule has 2 aromatic carbocycles. The highest BCUT2D eigenvalue weighted by Crippen LogP contribution is 2.41. The van der Waals surface area contributed by atoms with Gasteiger partial charge in [-0.3, -0.25) is 4.90 Å². The van der Waals surface area contributed by atoms with Gasteiger partial charge in [-0.05, 0) is 44.3 Å². The van der Waals surface area contributed by atoms with Gasteiger partial charge in [0.2, 0.25) is 0 Å². The molecule has 162 valence electrons. The molecule has 1 aliphatic rings. The number of nitrogen functional groups attached to an aromatic ring is 1. The molecule has 0 fully saturated rings. The van der Waals surface area contributed by atoms with Crippen LogP contribution in [-0.4, -0.2) is 12.6 Å². The molecule has 10 heteroatoms. The zero-order valence-corrected chi connectivity index (χ0v) is 17.4. The number of fused-ring (bicyclic) bond motifs is 1. The molecule has 1 atom stereocenters. The Balaban J connectivity index is 1.83. The van der Waals surface area contributed by atoms with E-state index in [1.807, 2.05) is 6.92 Å². The van der Waals surface area contributed by atoms with Gasteiger partial charge >= 0.3 is 6.09 Å². The Morgan fingerprint density at radius 1 is 1.17 bits per heavy atom. The monoisotopic (exact) mass is 443 g/mol. The molecule has 1 unspecified atom stereocenters. The molecule has 5 nitrogen and oxygen atoms in total. The van der Waals surface area contributed by atoms with Gasteiger partial charge in [-0.15, -0.1) is 0 Å².